The van der Waals surface area contributed by atoms with Gasteiger partial charge in [-0.15, -0.1) is 5.10 Å². The fraction of sp³-hybridized carbons (Fsp3) is 0.579. The van der Waals surface area contributed by atoms with E-state index in [1.54, 1.807) is 11.8 Å². The second-order valence-corrected chi connectivity index (χ2v) is 7.96. The number of hydrogen-bond acceptors (Lipinski definition) is 5. The van der Waals surface area contributed by atoms with Crippen molar-refractivity contribution in [2.24, 2.45) is 5.92 Å². The third-order valence-electron chi connectivity index (χ3n) is 4.35. The molecule has 1 aliphatic heterocycles. The molecule has 1 unspecified atom stereocenters. The molecule has 0 aliphatic carbocycles. The van der Waals surface area contributed by atoms with Crippen LogP contribution in [0.1, 0.15) is 26.3 Å². The zero-order valence-electron chi connectivity index (χ0n) is 15.4. The number of aromatic amines is 1. The molecule has 0 spiro atoms. The summed E-state index contributed by atoms with van der Waals surface area (Å²) in [7, 11) is 0. The average molecular weight is 361 g/mol. The second kappa shape index (κ2) is 8.83. The third-order valence-corrected chi connectivity index (χ3v) is 5.32. The fourth-order valence-electron chi connectivity index (χ4n) is 3.07. The van der Waals surface area contributed by atoms with Crippen LogP contribution in [0.2, 0.25) is 0 Å². The highest BCUT2D eigenvalue weighted by Crippen LogP contribution is 2.22. The Balaban J connectivity index is 1.53. The highest BCUT2D eigenvalue weighted by molar-refractivity contribution is 7.99. The van der Waals surface area contributed by atoms with Crippen molar-refractivity contribution in [2.75, 3.05) is 32.0 Å². The van der Waals surface area contributed by atoms with E-state index in [4.69, 9.17) is 4.74 Å². The summed E-state index contributed by atoms with van der Waals surface area (Å²) in [5, 5.41) is 8.18. The molecule has 0 saturated carbocycles. The van der Waals surface area contributed by atoms with Crippen LogP contribution in [-0.2, 0) is 11.2 Å². The van der Waals surface area contributed by atoms with Gasteiger partial charge in [-0.1, -0.05) is 56.8 Å². The van der Waals surface area contributed by atoms with Gasteiger partial charge in [-0.3, -0.25) is 10.00 Å². The first-order valence-electron chi connectivity index (χ1n) is 9.12. The highest BCUT2D eigenvalue weighted by Gasteiger charge is 2.21. The Hall–Kier alpha value is -1.37. The quantitative estimate of drug-likeness (QED) is 0.766. The Morgan fingerprint density at radius 1 is 1.32 bits per heavy atom. The van der Waals surface area contributed by atoms with Crippen LogP contribution in [0, 0.1) is 5.92 Å². The van der Waals surface area contributed by atoms with Crippen molar-refractivity contribution in [1.82, 2.24) is 20.1 Å². The third kappa shape index (κ3) is 5.30. The summed E-state index contributed by atoms with van der Waals surface area (Å²) in [6.07, 6.45) is 1.30. The van der Waals surface area contributed by atoms with Gasteiger partial charge >= 0.3 is 0 Å². The molecule has 0 bridgehead atoms. The monoisotopic (exact) mass is 360 g/mol. The van der Waals surface area contributed by atoms with Gasteiger partial charge in [0.1, 0.15) is 0 Å². The molecule has 136 valence electrons. The fourth-order valence-corrected chi connectivity index (χ4v) is 3.87. The lowest BCUT2D eigenvalue weighted by Crippen LogP contribution is -2.44. The minimum Gasteiger partial charge on any atom is -0.375 e. The molecule has 6 heteroatoms. The van der Waals surface area contributed by atoms with Crippen LogP contribution in [-0.4, -0.2) is 58.2 Å². The van der Waals surface area contributed by atoms with Crippen LogP contribution in [0.5, 0.6) is 0 Å². The van der Waals surface area contributed by atoms with Crippen LogP contribution < -0.4 is 0 Å². The molecular formula is C19H28N4OS. The summed E-state index contributed by atoms with van der Waals surface area (Å²) >= 11 is 1.67. The minimum absolute atomic E-state index is 0.253. The molecule has 1 atom stereocenters. The predicted octanol–water partition coefficient (Wildman–Crippen LogP) is 3.48. The molecule has 1 aromatic heterocycles. The van der Waals surface area contributed by atoms with E-state index >= 15 is 0 Å². The van der Waals surface area contributed by atoms with Gasteiger partial charge in [0.05, 0.1) is 12.7 Å². The van der Waals surface area contributed by atoms with Crippen molar-refractivity contribution in [3.05, 3.63) is 29.8 Å². The number of ether oxygens (including phenoxy) is 1. The van der Waals surface area contributed by atoms with Gasteiger partial charge in [0.25, 0.3) is 0 Å². The zero-order valence-corrected chi connectivity index (χ0v) is 16.2. The molecule has 1 saturated heterocycles. The first kappa shape index (κ1) is 18.4. The number of aryl methyl sites for hydroxylation is 1. The van der Waals surface area contributed by atoms with Crippen LogP contribution in [0.25, 0.3) is 11.4 Å². The van der Waals surface area contributed by atoms with Gasteiger partial charge in [0.15, 0.2) is 5.82 Å². The standard InChI is InChI=1S/C19H28N4OS/c1-4-15-5-7-16(8-6-15)18-20-19(22-21-18)25-13-17-12-23(9-10-24-17)11-14(2)3/h5-8,14,17H,4,9-13H2,1-3H3,(H,20,21,22). The largest absolute Gasteiger partial charge is 0.375 e. The molecule has 1 N–H and O–H groups in total. The Labute approximate surface area is 154 Å². The summed E-state index contributed by atoms with van der Waals surface area (Å²) < 4.78 is 5.90. The Morgan fingerprint density at radius 3 is 2.84 bits per heavy atom. The number of hydrogen-bond donors (Lipinski definition) is 1. The smallest absolute Gasteiger partial charge is 0.208 e. The zero-order chi connectivity index (χ0) is 17.6. The lowest BCUT2D eigenvalue weighted by atomic mass is 10.1. The Bertz CT molecular complexity index is 656. The number of benzene rings is 1. The summed E-state index contributed by atoms with van der Waals surface area (Å²) in [5.41, 5.74) is 2.41. The van der Waals surface area contributed by atoms with Crippen LogP contribution >= 0.6 is 11.8 Å². The van der Waals surface area contributed by atoms with E-state index < -0.39 is 0 Å². The molecule has 2 heterocycles. The van der Waals surface area contributed by atoms with E-state index in [-0.39, 0.29) is 6.10 Å². The maximum absolute atomic E-state index is 5.90. The lowest BCUT2D eigenvalue weighted by Gasteiger charge is -2.33. The van der Waals surface area contributed by atoms with Crippen LogP contribution in [0.3, 0.4) is 0 Å². The van der Waals surface area contributed by atoms with Crippen molar-refractivity contribution in [1.29, 1.82) is 0 Å². The SMILES string of the molecule is CCc1ccc(-c2nc(SCC3CN(CC(C)C)CCO3)n[nH]2)cc1. The number of H-pyrrole nitrogens is 1. The van der Waals surface area contributed by atoms with Gasteiger partial charge in [-0.05, 0) is 17.9 Å². The van der Waals surface area contributed by atoms with Crippen molar-refractivity contribution in [2.45, 2.75) is 38.5 Å². The Morgan fingerprint density at radius 2 is 2.12 bits per heavy atom. The van der Waals surface area contributed by atoms with Gasteiger partial charge in [0, 0.05) is 31.0 Å². The first-order valence-corrected chi connectivity index (χ1v) is 10.1. The predicted molar refractivity (Wildman–Crippen MR) is 103 cm³/mol. The summed E-state index contributed by atoms with van der Waals surface area (Å²) in [4.78, 5) is 7.11. The number of morpholine rings is 1. The molecule has 25 heavy (non-hydrogen) atoms. The van der Waals surface area contributed by atoms with Crippen molar-refractivity contribution >= 4 is 11.8 Å². The Kier molecular flexibility index (Phi) is 6.51. The molecular weight excluding hydrogens is 332 g/mol. The molecule has 5 nitrogen and oxygen atoms in total. The van der Waals surface area contributed by atoms with Gasteiger partial charge in [-0.2, -0.15) is 0 Å². The summed E-state index contributed by atoms with van der Waals surface area (Å²) in [5.74, 6) is 2.41. The van der Waals surface area contributed by atoms with E-state index in [0.717, 1.165) is 55.0 Å². The second-order valence-electron chi connectivity index (χ2n) is 6.97. The van der Waals surface area contributed by atoms with Gasteiger partial charge < -0.3 is 4.74 Å². The van der Waals surface area contributed by atoms with E-state index in [9.17, 15) is 0 Å². The highest BCUT2D eigenvalue weighted by atomic mass is 32.2. The van der Waals surface area contributed by atoms with Gasteiger partial charge in [0.2, 0.25) is 5.16 Å². The normalized spacial score (nSPS) is 18.8. The van der Waals surface area contributed by atoms with Crippen molar-refractivity contribution < 1.29 is 4.74 Å². The molecule has 0 amide bonds. The lowest BCUT2D eigenvalue weighted by molar-refractivity contribution is -0.0191. The number of nitrogens with one attached hydrogen (secondary N) is 1. The van der Waals surface area contributed by atoms with E-state index in [1.807, 2.05) is 0 Å². The topological polar surface area (TPSA) is 54.0 Å². The maximum atomic E-state index is 5.90. The number of nitrogens with zero attached hydrogens (tertiary/aromatic N) is 3. The van der Waals surface area contributed by atoms with E-state index in [2.05, 4.69) is 65.1 Å². The maximum Gasteiger partial charge on any atom is 0.208 e. The molecule has 1 fully saturated rings. The number of aromatic nitrogens is 3. The number of thioether (sulfide) groups is 1. The van der Waals surface area contributed by atoms with Crippen LogP contribution in [0.4, 0.5) is 0 Å². The molecule has 3 rings (SSSR count). The molecule has 2 aromatic rings. The van der Waals surface area contributed by atoms with Crippen LogP contribution in [0.15, 0.2) is 29.4 Å². The number of rotatable bonds is 7. The molecule has 1 aromatic carbocycles. The molecule has 0 radical (unpaired) electrons. The van der Waals surface area contributed by atoms with Crippen molar-refractivity contribution in [3.63, 3.8) is 0 Å². The average Bonchev–Trinajstić information content (AvgIpc) is 3.09. The van der Waals surface area contributed by atoms with E-state index in [1.165, 1.54) is 5.56 Å². The van der Waals surface area contributed by atoms with Gasteiger partial charge in [-0.25, -0.2) is 4.98 Å². The summed E-state index contributed by atoms with van der Waals surface area (Å²) in [6.45, 7) is 10.7. The molecule has 1 aliphatic rings. The van der Waals surface area contributed by atoms with E-state index in [0.29, 0.717) is 5.92 Å². The minimum atomic E-state index is 0.253. The van der Waals surface area contributed by atoms with Crippen molar-refractivity contribution in [3.8, 4) is 11.4 Å². The first-order chi connectivity index (χ1) is 12.1. The summed E-state index contributed by atoms with van der Waals surface area (Å²) in [6, 6.07) is 8.48.